The number of fused-ring (bicyclic) bond motifs is 1. The molecular formula is C26H18Cl2N2O7. The number of benzene rings is 3. The van der Waals surface area contributed by atoms with Gasteiger partial charge < -0.3 is 18.9 Å². The second kappa shape index (κ2) is 10.0. The lowest BCUT2D eigenvalue weighted by molar-refractivity contribution is -0.122. The molecule has 1 saturated heterocycles. The summed E-state index contributed by atoms with van der Waals surface area (Å²) < 4.78 is 22.1. The summed E-state index contributed by atoms with van der Waals surface area (Å²) in [5.41, 5.74) is 1.21. The molecule has 5 rings (SSSR count). The number of methoxy groups -OCH3 is 1. The number of hydrogen-bond donors (Lipinski definition) is 1. The smallest absolute Gasteiger partial charge is 0.335 e. The Balaban J connectivity index is 1.41. The Kier molecular flexibility index (Phi) is 6.64. The molecule has 11 heteroatoms. The lowest BCUT2D eigenvalue weighted by atomic mass is 10.1. The number of amides is 4. The minimum absolute atomic E-state index is 0.169. The van der Waals surface area contributed by atoms with Gasteiger partial charge in [-0.15, -0.1) is 0 Å². The van der Waals surface area contributed by atoms with Gasteiger partial charge in [0, 0.05) is 5.02 Å². The Morgan fingerprint density at radius 2 is 1.76 bits per heavy atom. The van der Waals surface area contributed by atoms with Gasteiger partial charge in [-0.3, -0.25) is 14.9 Å². The number of ether oxygens (including phenoxy) is 4. The molecule has 0 aliphatic carbocycles. The van der Waals surface area contributed by atoms with Crippen LogP contribution in [-0.4, -0.2) is 31.7 Å². The lowest BCUT2D eigenvalue weighted by Gasteiger charge is -2.26. The molecule has 2 heterocycles. The van der Waals surface area contributed by atoms with Crippen molar-refractivity contribution in [3.63, 3.8) is 0 Å². The van der Waals surface area contributed by atoms with Crippen LogP contribution in [0.25, 0.3) is 6.08 Å². The molecule has 0 spiro atoms. The highest BCUT2D eigenvalue weighted by atomic mass is 35.5. The van der Waals surface area contributed by atoms with Gasteiger partial charge in [-0.25, -0.2) is 9.69 Å². The third kappa shape index (κ3) is 4.91. The van der Waals surface area contributed by atoms with Crippen molar-refractivity contribution in [2.45, 2.75) is 6.61 Å². The Bertz CT molecular complexity index is 1450. The van der Waals surface area contributed by atoms with E-state index in [4.69, 9.17) is 42.1 Å². The third-order valence-electron chi connectivity index (χ3n) is 5.57. The van der Waals surface area contributed by atoms with Crippen LogP contribution >= 0.6 is 23.2 Å². The number of rotatable bonds is 6. The zero-order valence-electron chi connectivity index (χ0n) is 19.2. The molecular weight excluding hydrogens is 523 g/mol. The number of carbonyl (C=O) groups excluding carboxylic acids is 3. The summed E-state index contributed by atoms with van der Waals surface area (Å²) in [5.74, 6) is 0.223. The Morgan fingerprint density at radius 3 is 2.51 bits per heavy atom. The molecule has 0 saturated carbocycles. The Morgan fingerprint density at radius 1 is 1.00 bits per heavy atom. The third-order valence-corrected chi connectivity index (χ3v) is 6.10. The molecule has 0 radical (unpaired) electrons. The summed E-state index contributed by atoms with van der Waals surface area (Å²) in [6.07, 6.45) is 1.32. The summed E-state index contributed by atoms with van der Waals surface area (Å²) in [6.45, 7) is 0.342. The fourth-order valence-electron chi connectivity index (χ4n) is 3.80. The normalized spacial score (nSPS) is 15.7. The molecule has 37 heavy (non-hydrogen) atoms. The fraction of sp³-hybridized carbons (Fsp3) is 0.115. The molecule has 0 unspecified atom stereocenters. The van der Waals surface area contributed by atoms with Gasteiger partial charge in [-0.1, -0.05) is 29.3 Å². The largest absolute Gasteiger partial charge is 0.493 e. The monoisotopic (exact) mass is 540 g/mol. The highest BCUT2D eigenvalue weighted by molar-refractivity contribution is 6.39. The number of imide groups is 2. The van der Waals surface area contributed by atoms with E-state index < -0.39 is 17.8 Å². The minimum Gasteiger partial charge on any atom is -0.493 e. The van der Waals surface area contributed by atoms with Crippen molar-refractivity contribution in [3.8, 4) is 23.0 Å². The number of anilines is 1. The second-order valence-electron chi connectivity index (χ2n) is 7.94. The number of urea groups is 1. The van der Waals surface area contributed by atoms with Crippen molar-refractivity contribution in [3.05, 3.63) is 81.3 Å². The van der Waals surface area contributed by atoms with Crippen molar-refractivity contribution < 1.29 is 33.3 Å². The van der Waals surface area contributed by atoms with Gasteiger partial charge in [0.1, 0.15) is 12.2 Å². The molecule has 0 bridgehead atoms. The van der Waals surface area contributed by atoms with E-state index in [0.717, 1.165) is 10.5 Å². The van der Waals surface area contributed by atoms with E-state index in [2.05, 4.69) is 5.32 Å². The van der Waals surface area contributed by atoms with E-state index in [0.29, 0.717) is 22.1 Å². The number of hydrogen-bond acceptors (Lipinski definition) is 7. The summed E-state index contributed by atoms with van der Waals surface area (Å²) in [4.78, 5) is 38.9. The number of nitrogens with one attached hydrogen (secondary N) is 1. The van der Waals surface area contributed by atoms with Crippen LogP contribution in [-0.2, 0) is 16.2 Å². The topological polar surface area (TPSA) is 103 Å². The summed E-state index contributed by atoms with van der Waals surface area (Å²) in [6, 6.07) is 13.7. The molecule has 2 aliphatic heterocycles. The van der Waals surface area contributed by atoms with Gasteiger partial charge in [0.15, 0.2) is 23.0 Å². The van der Waals surface area contributed by atoms with Crippen LogP contribution in [0.4, 0.5) is 10.5 Å². The summed E-state index contributed by atoms with van der Waals surface area (Å²) in [7, 11) is 1.44. The average molecular weight is 541 g/mol. The van der Waals surface area contributed by atoms with E-state index in [1.54, 1.807) is 12.1 Å². The first-order chi connectivity index (χ1) is 17.8. The molecule has 1 fully saturated rings. The quantitative estimate of drug-likeness (QED) is 0.347. The zero-order valence-corrected chi connectivity index (χ0v) is 20.8. The second-order valence-corrected chi connectivity index (χ2v) is 8.79. The fourth-order valence-corrected chi connectivity index (χ4v) is 4.20. The van der Waals surface area contributed by atoms with E-state index in [1.807, 2.05) is 12.1 Å². The Labute approximate surface area is 221 Å². The van der Waals surface area contributed by atoms with Crippen molar-refractivity contribution in [1.82, 2.24) is 5.32 Å². The first-order valence-electron chi connectivity index (χ1n) is 10.9. The van der Waals surface area contributed by atoms with Crippen molar-refractivity contribution >= 4 is 52.8 Å². The molecule has 4 amide bonds. The van der Waals surface area contributed by atoms with Crippen LogP contribution in [0.2, 0.25) is 10.0 Å². The van der Waals surface area contributed by atoms with Crippen molar-refractivity contribution in [2.75, 3.05) is 18.8 Å². The summed E-state index contributed by atoms with van der Waals surface area (Å²) >= 11 is 12.4. The number of carbonyl (C=O) groups is 3. The zero-order chi connectivity index (χ0) is 26.1. The number of barbiturate groups is 1. The SMILES string of the molecule is COc1cc(/C=C2\C(=O)NC(=O)N(c3ccc(Cl)cc3)C2=O)cc(Cl)c1OCc1ccc2c(c1)OCO2. The molecule has 2 aliphatic rings. The van der Waals surface area contributed by atoms with Crippen molar-refractivity contribution in [1.29, 1.82) is 0 Å². The summed E-state index contributed by atoms with van der Waals surface area (Å²) in [5, 5.41) is 2.80. The van der Waals surface area contributed by atoms with Gasteiger partial charge in [-0.05, 0) is 65.7 Å². The first-order valence-corrected chi connectivity index (χ1v) is 11.7. The van der Waals surface area contributed by atoms with E-state index >= 15 is 0 Å². The van der Waals surface area contributed by atoms with Crippen LogP contribution in [0.1, 0.15) is 11.1 Å². The van der Waals surface area contributed by atoms with Gasteiger partial charge in [0.05, 0.1) is 17.8 Å². The highest BCUT2D eigenvalue weighted by Gasteiger charge is 2.36. The van der Waals surface area contributed by atoms with Gasteiger partial charge in [0.2, 0.25) is 6.79 Å². The van der Waals surface area contributed by atoms with Crippen LogP contribution < -0.4 is 29.2 Å². The maximum absolute atomic E-state index is 13.1. The number of nitrogens with zero attached hydrogens (tertiary/aromatic N) is 1. The minimum atomic E-state index is -0.864. The molecule has 188 valence electrons. The van der Waals surface area contributed by atoms with Crippen molar-refractivity contribution in [2.24, 2.45) is 0 Å². The maximum atomic E-state index is 13.1. The maximum Gasteiger partial charge on any atom is 0.335 e. The van der Waals surface area contributed by atoms with Crippen LogP contribution in [0.15, 0.2) is 60.2 Å². The number of halogens is 2. The predicted octanol–water partition coefficient (Wildman–Crippen LogP) is 4.98. The van der Waals surface area contributed by atoms with Gasteiger partial charge in [-0.2, -0.15) is 0 Å². The Hall–Kier alpha value is -4.21. The van der Waals surface area contributed by atoms with Gasteiger partial charge in [0.25, 0.3) is 11.8 Å². The molecule has 3 aromatic carbocycles. The van der Waals surface area contributed by atoms with Crippen LogP contribution in [0.3, 0.4) is 0 Å². The van der Waals surface area contributed by atoms with Crippen LogP contribution in [0.5, 0.6) is 23.0 Å². The molecule has 0 atom stereocenters. The van der Waals surface area contributed by atoms with Gasteiger partial charge >= 0.3 is 6.03 Å². The molecule has 0 aromatic heterocycles. The first kappa shape index (κ1) is 24.5. The van der Waals surface area contributed by atoms with E-state index in [-0.39, 0.29) is 41.2 Å². The molecule has 1 N–H and O–H groups in total. The highest BCUT2D eigenvalue weighted by Crippen LogP contribution is 2.39. The lowest BCUT2D eigenvalue weighted by Crippen LogP contribution is -2.54. The standard InChI is InChI=1S/C26H18Cl2N2O7/c1-34-22-11-15(9-19(28)23(22)35-12-14-2-7-20-21(10-14)37-13-36-20)8-18-24(31)29-26(33)30(25(18)32)17-5-3-16(27)4-6-17/h2-11H,12-13H2,1H3,(H,29,31,33)/b18-8+. The molecule has 3 aromatic rings. The predicted molar refractivity (Wildman–Crippen MR) is 135 cm³/mol. The molecule has 9 nitrogen and oxygen atoms in total. The van der Waals surface area contributed by atoms with E-state index in [1.165, 1.54) is 43.5 Å². The van der Waals surface area contributed by atoms with Crippen LogP contribution in [0, 0.1) is 0 Å². The van der Waals surface area contributed by atoms with E-state index in [9.17, 15) is 14.4 Å². The average Bonchev–Trinajstić information content (AvgIpc) is 3.34.